The molecule has 0 radical (unpaired) electrons. The van der Waals surface area contributed by atoms with Crippen LogP contribution in [0.1, 0.15) is 35.4 Å². The van der Waals surface area contributed by atoms with Gasteiger partial charge >= 0.3 is 0 Å². The van der Waals surface area contributed by atoms with Crippen molar-refractivity contribution in [1.82, 2.24) is 5.32 Å². The van der Waals surface area contributed by atoms with Gasteiger partial charge in [-0.1, -0.05) is 12.8 Å². The predicted molar refractivity (Wildman–Crippen MR) is 68.7 cm³/mol. The van der Waals surface area contributed by atoms with Crippen LogP contribution < -0.4 is 5.32 Å². The van der Waals surface area contributed by atoms with Gasteiger partial charge < -0.3 is 10.4 Å². The van der Waals surface area contributed by atoms with Gasteiger partial charge in [0.05, 0.1) is 6.10 Å². The van der Waals surface area contributed by atoms with Crippen molar-refractivity contribution < 1.29 is 5.11 Å². The van der Waals surface area contributed by atoms with E-state index in [-0.39, 0.29) is 6.10 Å². The molecular formula is C13H18N2OS. The molecule has 1 aliphatic carbocycles. The van der Waals surface area contributed by atoms with Crippen LogP contribution >= 0.6 is 11.3 Å². The molecule has 1 aliphatic rings. The van der Waals surface area contributed by atoms with E-state index in [9.17, 15) is 5.11 Å². The minimum absolute atomic E-state index is 0.130. The lowest BCUT2D eigenvalue weighted by atomic mass is 9.86. The molecule has 1 saturated carbocycles. The van der Waals surface area contributed by atoms with Gasteiger partial charge in [0.25, 0.3) is 0 Å². The van der Waals surface area contributed by atoms with Gasteiger partial charge in [0, 0.05) is 18.0 Å². The fourth-order valence-corrected chi connectivity index (χ4v) is 3.11. The topological polar surface area (TPSA) is 56.0 Å². The summed E-state index contributed by atoms with van der Waals surface area (Å²) in [6, 6.07) is 6.00. The summed E-state index contributed by atoms with van der Waals surface area (Å²) in [5, 5.41) is 21.9. The van der Waals surface area contributed by atoms with Crippen LogP contribution in [0.5, 0.6) is 0 Å². The van der Waals surface area contributed by atoms with Crippen molar-refractivity contribution in [1.29, 1.82) is 5.26 Å². The maximum atomic E-state index is 9.83. The van der Waals surface area contributed by atoms with Crippen LogP contribution in [0.3, 0.4) is 0 Å². The Bertz CT molecular complexity index is 396. The molecular weight excluding hydrogens is 232 g/mol. The van der Waals surface area contributed by atoms with Gasteiger partial charge in [0.15, 0.2) is 0 Å². The van der Waals surface area contributed by atoms with E-state index in [4.69, 9.17) is 5.26 Å². The van der Waals surface area contributed by atoms with Crippen molar-refractivity contribution in [3.05, 3.63) is 21.9 Å². The number of rotatable bonds is 4. The number of nitriles is 1. The minimum atomic E-state index is -0.130. The Kier molecular flexibility index (Phi) is 4.55. The lowest BCUT2D eigenvalue weighted by molar-refractivity contribution is 0.0695. The van der Waals surface area contributed by atoms with Crippen molar-refractivity contribution in [3.8, 4) is 6.07 Å². The summed E-state index contributed by atoms with van der Waals surface area (Å²) >= 11 is 1.53. The second-order valence-corrected chi connectivity index (χ2v) is 5.79. The number of aliphatic hydroxyl groups is 1. The summed E-state index contributed by atoms with van der Waals surface area (Å²) in [5.41, 5.74) is 0. The van der Waals surface area contributed by atoms with E-state index in [0.29, 0.717) is 5.92 Å². The second-order valence-electron chi connectivity index (χ2n) is 4.62. The average Bonchev–Trinajstić information content (AvgIpc) is 2.80. The molecule has 1 fully saturated rings. The molecule has 0 aliphatic heterocycles. The van der Waals surface area contributed by atoms with Gasteiger partial charge in [-0.25, -0.2) is 0 Å². The summed E-state index contributed by atoms with van der Waals surface area (Å²) in [5.74, 6) is 0.402. The summed E-state index contributed by atoms with van der Waals surface area (Å²) in [4.78, 5) is 1.95. The molecule has 2 atom stereocenters. The molecule has 1 aromatic heterocycles. The number of hydrogen-bond acceptors (Lipinski definition) is 4. The van der Waals surface area contributed by atoms with E-state index in [1.165, 1.54) is 22.6 Å². The monoisotopic (exact) mass is 250 g/mol. The van der Waals surface area contributed by atoms with Gasteiger partial charge in [-0.15, -0.1) is 11.3 Å². The quantitative estimate of drug-likeness (QED) is 0.862. The first-order chi connectivity index (χ1) is 8.29. The number of nitrogens with one attached hydrogen (secondary N) is 1. The van der Waals surface area contributed by atoms with E-state index in [1.54, 1.807) is 0 Å². The number of hydrogen-bond donors (Lipinski definition) is 2. The molecule has 0 bridgehead atoms. The second kappa shape index (κ2) is 6.15. The molecule has 1 aromatic rings. The maximum Gasteiger partial charge on any atom is 0.110 e. The first-order valence-corrected chi connectivity index (χ1v) is 6.99. The summed E-state index contributed by atoms with van der Waals surface area (Å²) in [6.07, 6.45) is 4.34. The lowest BCUT2D eigenvalue weighted by Gasteiger charge is -2.27. The molecule has 0 aromatic carbocycles. The lowest BCUT2D eigenvalue weighted by Crippen LogP contribution is -2.33. The van der Waals surface area contributed by atoms with Crippen molar-refractivity contribution in [2.24, 2.45) is 5.92 Å². The average molecular weight is 250 g/mol. The van der Waals surface area contributed by atoms with Gasteiger partial charge in [-0.05, 0) is 30.9 Å². The summed E-state index contributed by atoms with van der Waals surface area (Å²) in [6.45, 7) is 1.68. The zero-order chi connectivity index (χ0) is 12.1. The van der Waals surface area contributed by atoms with Crippen LogP contribution in [0.4, 0.5) is 0 Å². The minimum Gasteiger partial charge on any atom is -0.393 e. The molecule has 2 rings (SSSR count). The van der Waals surface area contributed by atoms with Gasteiger partial charge in [-0.3, -0.25) is 0 Å². The Morgan fingerprint density at radius 2 is 2.24 bits per heavy atom. The molecule has 4 heteroatoms. The molecule has 0 amide bonds. The summed E-state index contributed by atoms with van der Waals surface area (Å²) in [7, 11) is 0. The highest BCUT2D eigenvalue weighted by Crippen LogP contribution is 2.23. The standard InChI is InChI=1S/C13H18N2OS/c14-7-11-5-6-12(17-11)9-15-8-10-3-1-2-4-13(10)16/h5-6,10,13,15-16H,1-4,8-9H2. The van der Waals surface area contributed by atoms with Gasteiger partial charge in [-0.2, -0.15) is 5.26 Å². The Hall–Kier alpha value is -0.890. The highest BCUT2D eigenvalue weighted by atomic mass is 32.1. The van der Waals surface area contributed by atoms with Gasteiger partial charge in [0.2, 0.25) is 0 Å². The molecule has 0 spiro atoms. The summed E-state index contributed by atoms with van der Waals surface area (Å²) < 4.78 is 0. The van der Waals surface area contributed by atoms with Crippen molar-refractivity contribution in [2.45, 2.75) is 38.3 Å². The first kappa shape index (κ1) is 12.6. The van der Waals surface area contributed by atoms with Crippen LogP contribution in [-0.2, 0) is 6.54 Å². The van der Waals surface area contributed by atoms with E-state index < -0.39 is 0 Å². The molecule has 92 valence electrons. The molecule has 1 heterocycles. The molecule has 0 saturated heterocycles. The maximum absolute atomic E-state index is 9.83. The number of nitrogens with zero attached hydrogens (tertiary/aromatic N) is 1. The van der Waals surface area contributed by atoms with Crippen molar-refractivity contribution in [3.63, 3.8) is 0 Å². The Morgan fingerprint density at radius 1 is 1.41 bits per heavy atom. The van der Waals surface area contributed by atoms with Crippen LogP contribution in [0.2, 0.25) is 0 Å². The third kappa shape index (κ3) is 3.53. The van der Waals surface area contributed by atoms with Crippen molar-refractivity contribution >= 4 is 11.3 Å². The highest BCUT2D eigenvalue weighted by Gasteiger charge is 2.22. The predicted octanol–water partition coefficient (Wildman–Crippen LogP) is 2.26. The Balaban J connectivity index is 1.73. The van der Waals surface area contributed by atoms with Crippen molar-refractivity contribution in [2.75, 3.05) is 6.54 Å². The van der Waals surface area contributed by atoms with Crippen LogP contribution in [0.15, 0.2) is 12.1 Å². The number of thiophene rings is 1. The zero-order valence-corrected chi connectivity index (χ0v) is 10.7. The van der Waals surface area contributed by atoms with E-state index in [2.05, 4.69) is 11.4 Å². The zero-order valence-electron chi connectivity index (χ0n) is 9.85. The third-order valence-electron chi connectivity index (χ3n) is 3.35. The van der Waals surface area contributed by atoms with Gasteiger partial charge in [0.1, 0.15) is 10.9 Å². The smallest absolute Gasteiger partial charge is 0.110 e. The number of aliphatic hydroxyl groups excluding tert-OH is 1. The van der Waals surface area contributed by atoms with Crippen LogP contribution in [0, 0.1) is 17.2 Å². The normalized spacial score (nSPS) is 24.5. The fraction of sp³-hybridized carbons (Fsp3) is 0.615. The van der Waals surface area contributed by atoms with Crippen LogP contribution in [0.25, 0.3) is 0 Å². The SMILES string of the molecule is N#Cc1ccc(CNCC2CCCCC2O)s1. The molecule has 17 heavy (non-hydrogen) atoms. The highest BCUT2D eigenvalue weighted by molar-refractivity contribution is 7.12. The van der Waals surface area contributed by atoms with E-state index in [0.717, 1.165) is 37.2 Å². The van der Waals surface area contributed by atoms with E-state index >= 15 is 0 Å². The third-order valence-corrected chi connectivity index (χ3v) is 4.34. The molecule has 2 N–H and O–H groups in total. The Morgan fingerprint density at radius 3 is 2.94 bits per heavy atom. The largest absolute Gasteiger partial charge is 0.393 e. The fourth-order valence-electron chi connectivity index (χ4n) is 2.34. The van der Waals surface area contributed by atoms with Crippen LogP contribution in [-0.4, -0.2) is 17.8 Å². The molecule has 2 unspecified atom stereocenters. The molecule has 3 nitrogen and oxygen atoms in total. The van der Waals surface area contributed by atoms with E-state index in [1.807, 2.05) is 12.1 Å². The Labute approximate surface area is 106 Å². The first-order valence-electron chi connectivity index (χ1n) is 6.17.